The molecule has 0 unspecified atom stereocenters. The van der Waals surface area contributed by atoms with Crippen molar-refractivity contribution >= 4 is 5.82 Å². The maximum absolute atomic E-state index is 5.52. The summed E-state index contributed by atoms with van der Waals surface area (Å²) < 4.78 is 1.73. The van der Waals surface area contributed by atoms with E-state index in [-0.39, 0.29) is 0 Å². The maximum Gasteiger partial charge on any atom is 0.236 e. The number of anilines is 1. The van der Waals surface area contributed by atoms with Crippen molar-refractivity contribution < 1.29 is 0 Å². The van der Waals surface area contributed by atoms with Gasteiger partial charge >= 0.3 is 0 Å². The van der Waals surface area contributed by atoms with Crippen LogP contribution in [0.25, 0.3) is 5.95 Å². The minimum Gasteiger partial charge on any atom is -0.384 e. The van der Waals surface area contributed by atoms with Crippen molar-refractivity contribution in [2.24, 2.45) is 0 Å². The summed E-state index contributed by atoms with van der Waals surface area (Å²) in [6, 6.07) is 1.65. The van der Waals surface area contributed by atoms with Gasteiger partial charge in [0.15, 0.2) is 0 Å². The lowest BCUT2D eigenvalue weighted by Crippen LogP contribution is -2.00. The lowest BCUT2D eigenvalue weighted by molar-refractivity contribution is 0.929. The summed E-state index contributed by atoms with van der Waals surface area (Å²) in [5, 5.41) is 0. The molecule has 13 heavy (non-hydrogen) atoms. The first-order valence-corrected chi connectivity index (χ1v) is 3.85. The van der Waals surface area contributed by atoms with Crippen molar-refractivity contribution in [1.82, 2.24) is 19.5 Å². The summed E-state index contributed by atoms with van der Waals surface area (Å²) >= 11 is 0. The molecule has 0 amide bonds. The van der Waals surface area contributed by atoms with Gasteiger partial charge in [0.2, 0.25) is 5.95 Å². The minimum absolute atomic E-state index is 0.455. The first-order chi connectivity index (χ1) is 6.25. The Morgan fingerprint density at radius 3 is 2.85 bits per heavy atom. The average Bonchev–Trinajstić information content (AvgIpc) is 2.52. The van der Waals surface area contributed by atoms with Gasteiger partial charge in [-0.15, -0.1) is 0 Å². The summed E-state index contributed by atoms with van der Waals surface area (Å²) in [5.74, 6) is 0.997. The molecule has 0 atom stereocenters. The number of imidazole rings is 1. The molecule has 0 aliphatic heterocycles. The third-order valence-corrected chi connectivity index (χ3v) is 1.61. The van der Waals surface area contributed by atoms with Crippen LogP contribution in [0.2, 0.25) is 0 Å². The number of nitrogen functional groups attached to an aromatic ring is 1. The van der Waals surface area contributed by atoms with Crippen LogP contribution in [-0.2, 0) is 0 Å². The molecule has 2 aromatic rings. The Kier molecular flexibility index (Phi) is 1.70. The average molecular weight is 175 g/mol. The van der Waals surface area contributed by atoms with Gasteiger partial charge in [0.25, 0.3) is 0 Å². The number of hydrogen-bond donors (Lipinski definition) is 1. The fourth-order valence-corrected chi connectivity index (χ4v) is 1.02. The van der Waals surface area contributed by atoms with Crippen molar-refractivity contribution in [2.75, 3.05) is 5.73 Å². The summed E-state index contributed by atoms with van der Waals surface area (Å²) in [6.45, 7) is 1.91. The van der Waals surface area contributed by atoms with Crippen molar-refractivity contribution in [3.05, 3.63) is 30.5 Å². The number of nitrogens with zero attached hydrogens (tertiary/aromatic N) is 4. The van der Waals surface area contributed by atoms with Gasteiger partial charge in [0.1, 0.15) is 12.1 Å². The molecule has 0 saturated carbocycles. The van der Waals surface area contributed by atoms with E-state index in [2.05, 4.69) is 15.0 Å². The second kappa shape index (κ2) is 2.85. The predicted octanol–water partition coefficient (Wildman–Crippen LogP) is 0.553. The smallest absolute Gasteiger partial charge is 0.236 e. The molecule has 66 valence electrons. The van der Waals surface area contributed by atoms with Crippen LogP contribution in [0, 0.1) is 6.92 Å². The van der Waals surface area contributed by atoms with Crippen LogP contribution in [-0.4, -0.2) is 19.5 Å². The lowest BCUT2D eigenvalue weighted by atomic mass is 10.5. The molecule has 0 saturated heterocycles. The molecule has 0 spiro atoms. The van der Waals surface area contributed by atoms with Gasteiger partial charge < -0.3 is 5.73 Å². The van der Waals surface area contributed by atoms with Gasteiger partial charge in [-0.3, -0.25) is 4.57 Å². The molecule has 0 bridgehead atoms. The Balaban J connectivity index is 2.46. The van der Waals surface area contributed by atoms with Gasteiger partial charge in [0.05, 0.1) is 5.69 Å². The van der Waals surface area contributed by atoms with Gasteiger partial charge in [-0.25, -0.2) is 9.97 Å². The Hall–Kier alpha value is -1.91. The summed E-state index contributed by atoms with van der Waals surface area (Å²) in [7, 11) is 0. The number of aromatic nitrogens is 4. The highest BCUT2D eigenvalue weighted by Gasteiger charge is 1.99. The quantitative estimate of drug-likeness (QED) is 0.687. The molecular formula is C8H9N5. The van der Waals surface area contributed by atoms with E-state index in [9.17, 15) is 0 Å². The van der Waals surface area contributed by atoms with E-state index < -0.39 is 0 Å². The molecular weight excluding hydrogens is 166 g/mol. The van der Waals surface area contributed by atoms with Crippen molar-refractivity contribution in [1.29, 1.82) is 0 Å². The maximum atomic E-state index is 5.52. The van der Waals surface area contributed by atoms with Crippen molar-refractivity contribution in [2.45, 2.75) is 6.92 Å². The molecule has 0 radical (unpaired) electrons. The molecule has 2 rings (SSSR count). The normalized spacial score (nSPS) is 10.2. The zero-order chi connectivity index (χ0) is 9.26. The van der Waals surface area contributed by atoms with Crippen LogP contribution in [0.15, 0.2) is 24.8 Å². The van der Waals surface area contributed by atoms with Gasteiger partial charge in [-0.2, -0.15) is 4.98 Å². The van der Waals surface area contributed by atoms with Gasteiger partial charge in [0, 0.05) is 12.4 Å². The third kappa shape index (κ3) is 1.48. The third-order valence-electron chi connectivity index (χ3n) is 1.61. The highest BCUT2D eigenvalue weighted by Crippen LogP contribution is 2.03. The highest BCUT2D eigenvalue weighted by atomic mass is 15.2. The molecule has 0 aromatic carbocycles. The first-order valence-electron chi connectivity index (χ1n) is 3.85. The van der Waals surface area contributed by atoms with E-state index in [0.717, 1.165) is 5.69 Å². The fourth-order valence-electron chi connectivity index (χ4n) is 1.02. The molecule has 2 N–H and O–H groups in total. The molecule has 2 aromatic heterocycles. The zero-order valence-electron chi connectivity index (χ0n) is 7.18. The molecule has 0 fully saturated rings. The molecule has 5 nitrogen and oxygen atoms in total. The van der Waals surface area contributed by atoms with E-state index >= 15 is 0 Å². The second-order valence-corrected chi connectivity index (χ2v) is 2.70. The number of aryl methyl sites for hydroxylation is 1. The van der Waals surface area contributed by atoms with Crippen molar-refractivity contribution in [3.8, 4) is 5.95 Å². The van der Waals surface area contributed by atoms with Crippen LogP contribution in [0.1, 0.15) is 5.69 Å². The first kappa shape index (κ1) is 7.72. The second-order valence-electron chi connectivity index (χ2n) is 2.70. The summed E-state index contributed by atoms with van der Waals surface area (Å²) in [6.07, 6.45) is 5.12. The topological polar surface area (TPSA) is 69.6 Å². The van der Waals surface area contributed by atoms with Crippen LogP contribution < -0.4 is 5.73 Å². The summed E-state index contributed by atoms with van der Waals surface area (Å²) in [4.78, 5) is 12.2. The Bertz CT molecular complexity index is 420. The van der Waals surface area contributed by atoms with Crippen LogP contribution in [0.4, 0.5) is 5.82 Å². The Morgan fingerprint density at radius 1 is 1.38 bits per heavy atom. The number of nitrogens with two attached hydrogens (primary N) is 1. The SMILES string of the molecule is Cc1cn(-c2nccc(N)n2)cn1. The number of hydrogen-bond acceptors (Lipinski definition) is 4. The highest BCUT2D eigenvalue weighted by molar-refractivity contribution is 5.29. The van der Waals surface area contributed by atoms with Crippen molar-refractivity contribution in [3.63, 3.8) is 0 Å². The predicted molar refractivity (Wildman–Crippen MR) is 48.3 cm³/mol. The van der Waals surface area contributed by atoms with E-state index in [1.54, 1.807) is 23.2 Å². The minimum atomic E-state index is 0.455. The van der Waals surface area contributed by atoms with Crippen LogP contribution >= 0.6 is 0 Å². The molecule has 5 heteroatoms. The molecule has 0 aliphatic rings. The van der Waals surface area contributed by atoms with E-state index in [1.165, 1.54) is 0 Å². The van der Waals surface area contributed by atoms with E-state index in [0.29, 0.717) is 11.8 Å². The van der Waals surface area contributed by atoms with E-state index in [4.69, 9.17) is 5.73 Å². The Morgan fingerprint density at radius 2 is 2.23 bits per heavy atom. The van der Waals surface area contributed by atoms with Crippen LogP contribution in [0.5, 0.6) is 0 Å². The number of rotatable bonds is 1. The fraction of sp³-hybridized carbons (Fsp3) is 0.125. The molecule has 2 heterocycles. The zero-order valence-corrected chi connectivity index (χ0v) is 7.18. The standard InChI is InChI=1S/C8H9N5/c1-6-4-13(5-11-6)8-10-3-2-7(9)12-8/h2-5H,1H3,(H2,9,10,12). The Labute approximate surface area is 75.3 Å². The van der Waals surface area contributed by atoms with Crippen LogP contribution in [0.3, 0.4) is 0 Å². The lowest BCUT2D eigenvalue weighted by Gasteiger charge is -1.98. The monoisotopic (exact) mass is 175 g/mol. The van der Waals surface area contributed by atoms with Gasteiger partial charge in [-0.1, -0.05) is 0 Å². The van der Waals surface area contributed by atoms with E-state index in [1.807, 2.05) is 13.1 Å². The summed E-state index contributed by atoms with van der Waals surface area (Å²) in [5.41, 5.74) is 6.44. The largest absolute Gasteiger partial charge is 0.384 e. The van der Waals surface area contributed by atoms with Gasteiger partial charge in [-0.05, 0) is 13.0 Å². The molecule has 0 aliphatic carbocycles.